The average molecular weight is 273 g/mol. The second kappa shape index (κ2) is 5.02. The molecule has 0 saturated heterocycles. The van der Waals surface area contributed by atoms with Crippen molar-refractivity contribution in [3.63, 3.8) is 0 Å². The van der Waals surface area contributed by atoms with Gasteiger partial charge in [-0.05, 0) is 40.5 Å². The zero-order valence-corrected chi connectivity index (χ0v) is 10.0. The van der Waals surface area contributed by atoms with Crippen molar-refractivity contribution in [2.75, 3.05) is 18.1 Å². The summed E-state index contributed by atoms with van der Waals surface area (Å²) in [5.41, 5.74) is 13.1. The third kappa shape index (κ3) is 3.13. The number of hydrogen-bond donors (Lipinski definition) is 2. The summed E-state index contributed by atoms with van der Waals surface area (Å²) in [5, 5.41) is 0. The molecule has 0 aromatic heterocycles. The van der Waals surface area contributed by atoms with Crippen LogP contribution in [0.3, 0.4) is 0 Å². The lowest BCUT2D eigenvalue weighted by molar-refractivity contribution is -0.142. The van der Waals surface area contributed by atoms with Gasteiger partial charge >= 0.3 is 5.97 Å². The smallest absolute Gasteiger partial charge is 0.310 e. The highest BCUT2D eigenvalue weighted by Crippen LogP contribution is 2.27. The van der Waals surface area contributed by atoms with Gasteiger partial charge in [0.15, 0.2) is 0 Å². The van der Waals surface area contributed by atoms with Gasteiger partial charge in [-0.15, -0.1) is 0 Å². The minimum atomic E-state index is -0.289. The van der Waals surface area contributed by atoms with Crippen LogP contribution in [0.1, 0.15) is 12.5 Å². The van der Waals surface area contributed by atoms with Gasteiger partial charge in [-0.3, -0.25) is 4.79 Å². The van der Waals surface area contributed by atoms with Crippen molar-refractivity contribution in [3.8, 4) is 0 Å². The molecule has 0 aliphatic heterocycles. The van der Waals surface area contributed by atoms with Gasteiger partial charge in [0.05, 0.1) is 13.0 Å². The van der Waals surface area contributed by atoms with Crippen LogP contribution in [0.5, 0.6) is 0 Å². The predicted molar refractivity (Wildman–Crippen MR) is 63.3 cm³/mol. The fourth-order valence-corrected chi connectivity index (χ4v) is 1.60. The van der Waals surface area contributed by atoms with Crippen LogP contribution in [0.2, 0.25) is 0 Å². The summed E-state index contributed by atoms with van der Waals surface area (Å²) in [5.74, 6) is -0.289. The molecular formula is C10H13BrN2O2. The summed E-state index contributed by atoms with van der Waals surface area (Å²) >= 11 is 3.31. The normalized spacial score (nSPS) is 10.0. The van der Waals surface area contributed by atoms with Crippen LogP contribution in [0.4, 0.5) is 11.4 Å². The first kappa shape index (κ1) is 11.8. The zero-order valence-electron chi connectivity index (χ0n) is 8.42. The van der Waals surface area contributed by atoms with E-state index in [4.69, 9.17) is 16.2 Å². The number of halogens is 1. The largest absolute Gasteiger partial charge is 0.466 e. The number of nitrogen functional groups attached to an aromatic ring is 2. The molecule has 0 fully saturated rings. The summed E-state index contributed by atoms with van der Waals surface area (Å²) in [7, 11) is 0. The van der Waals surface area contributed by atoms with E-state index in [1.54, 1.807) is 19.1 Å². The van der Waals surface area contributed by atoms with E-state index in [1.807, 2.05) is 0 Å². The molecule has 0 unspecified atom stereocenters. The highest BCUT2D eigenvalue weighted by atomic mass is 79.9. The van der Waals surface area contributed by atoms with Crippen molar-refractivity contribution >= 4 is 33.3 Å². The Labute approximate surface area is 96.7 Å². The molecule has 82 valence electrons. The Morgan fingerprint density at radius 1 is 1.47 bits per heavy atom. The van der Waals surface area contributed by atoms with E-state index in [9.17, 15) is 4.79 Å². The number of hydrogen-bond acceptors (Lipinski definition) is 4. The topological polar surface area (TPSA) is 78.3 Å². The Kier molecular flexibility index (Phi) is 3.96. The van der Waals surface area contributed by atoms with Crippen LogP contribution in [0.15, 0.2) is 16.6 Å². The summed E-state index contributed by atoms with van der Waals surface area (Å²) in [4.78, 5) is 11.3. The molecule has 1 rings (SSSR count). The van der Waals surface area contributed by atoms with Gasteiger partial charge in [-0.2, -0.15) is 0 Å². The maximum Gasteiger partial charge on any atom is 0.310 e. The number of nitrogens with two attached hydrogens (primary N) is 2. The molecule has 1 aromatic carbocycles. The summed E-state index contributed by atoms with van der Waals surface area (Å²) in [6.45, 7) is 2.13. The summed E-state index contributed by atoms with van der Waals surface area (Å²) in [6.07, 6.45) is 0.170. The SMILES string of the molecule is CCOC(=O)Cc1cc(N)cc(N)c1Br. The molecule has 0 spiro atoms. The Bertz CT molecular complexity index is 380. The highest BCUT2D eigenvalue weighted by molar-refractivity contribution is 9.10. The van der Waals surface area contributed by atoms with Crippen molar-refractivity contribution < 1.29 is 9.53 Å². The van der Waals surface area contributed by atoms with E-state index in [0.717, 1.165) is 5.56 Å². The molecule has 5 heteroatoms. The minimum Gasteiger partial charge on any atom is -0.466 e. The van der Waals surface area contributed by atoms with Crippen molar-refractivity contribution in [1.29, 1.82) is 0 Å². The van der Waals surface area contributed by atoms with E-state index in [-0.39, 0.29) is 12.4 Å². The standard InChI is InChI=1S/C10H13BrN2O2/c1-2-15-9(14)4-6-3-7(12)5-8(13)10(6)11/h3,5H,2,4,12-13H2,1H3. The summed E-state index contributed by atoms with van der Waals surface area (Å²) in [6, 6.07) is 3.34. The Morgan fingerprint density at radius 2 is 2.13 bits per heavy atom. The molecule has 0 bridgehead atoms. The fraction of sp³-hybridized carbons (Fsp3) is 0.300. The second-order valence-electron chi connectivity index (χ2n) is 3.07. The first-order chi connectivity index (χ1) is 7.04. The number of rotatable bonds is 3. The number of anilines is 2. The maximum absolute atomic E-state index is 11.3. The Morgan fingerprint density at radius 3 is 2.73 bits per heavy atom. The predicted octanol–water partition coefficient (Wildman–Crippen LogP) is 1.72. The molecule has 1 aromatic rings. The number of carbonyl (C=O) groups is 1. The number of benzene rings is 1. The molecule has 4 nitrogen and oxygen atoms in total. The molecular weight excluding hydrogens is 260 g/mol. The monoisotopic (exact) mass is 272 g/mol. The first-order valence-electron chi connectivity index (χ1n) is 4.53. The van der Waals surface area contributed by atoms with E-state index in [1.165, 1.54) is 0 Å². The van der Waals surface area contributed by atoms with Crippen LogP contribution in [-0.2, 0) is 16.0 Å². The quantitative estimate of drug-likeness (QED) is 0.649. The third-order valence-electron chi connectivity index (χ3n) is 1.84. The van der Waals surface area contributed by atoms with Crippen LogP contribution in [0.25, 0.3) is 0 Å². The van der Waals surface area contributed by atoms with Gasteiger partial charge < -0.3 is 16.2 Å². The number of carbonyl (C=O) groups excluding carboxylic acids is 1. The van der Waals surface area contributed by atoms with E-state index < -0.39 is 0 Å². The van der Waals surface area contributed by atoms with E-state index in [0.29, 0.717) is 22.5 Å². The molecule has 0 heterocycles. The third-order valence-corrected chi connectivity index (χ3v) is 2.81. The fourth-order valence-electron chi connectivity index (χ4n) is 1.23. The van der Waals surface area contributed by atoms with Crippen LogP contribution in [-0.4, -0.2) is 12.6 Å². The molecule has 0 aliphatic carbocycles. The van der Waals surface area contributed by atoms with Crippen molar-refractivity contribution in [2.24, 2.45) is 0 Å². The Hall–Kier alpha value is -1.23. The van der Waals surface area contributed by atoms with Gasteiger partial charge in [0, 0.05) is 15.8 Å². The molecule has 0 radical (unpaired) electrons. The number of esters is 1. The lowest BCUT2D eigenvalue weighted by atomic mass is 10.1. The summed E-state index contributed by atoms with van der Waals surface area (Å²) < 4.78 is 5.54. The molecule has 0 saturated carbocycles. The zero-order chi connectivity index (χ0) is 11.4. The average Bonchev–Trinajstić information content (AvgIpc) is 2.13. The van der Waals surface area contributed by atoms with Gasteiger partial charge in [0.1, 0.15) is 0 Å². The molecule has 0 aliphatic rings. The molecule has 0 atom stereocenters. The van der Waals surface area contributed by atoms with Crippen LogP contribution >= 0.6 is 15.9 Å². The highest BCUT2D eigenvalue weighted by Gasteiger charge is 2.10. The van der Waals surface area contributed by atoms with Crippen LogP contribution < -0.4 is 11.5 Å². The van der Waals surface area contributed by atoms with Crippen LogP contribution in [0, 0.1) is 0 Å². The van der Waals surface area contributed by atoms with Crippen molar-refractivity contribution in [2.45, 2.75) is 13.3 Å². The van der Waals surface area contributed by atoms with E-state index >= 15 is 0 Å². The second-order valence-corrected chi connectivity index (χ2v) is 3.86. The van der Waals surface area contributed by atoms with Gasteiger partial charge in [-0.25, -0.2) is 0 Å². The lowest BCUT2D eigenvalue weighted by Crippen LogP contribution is -2.09. The molecule has 4 N–H and O–H groups in total. The van der Waals surface area contributed by atoms with E-state index in [2.05, 4.69) is 15.9 Å². The lowest BCUT2D eigenvalue weighted by Gasteiger charge is -2.08. The molecule has 0 amide bonds. The van der Waals surface area contributed by atoms with Gasteiger partial charge in [0.25, 0.3) is 0 Å². The Balaban J connectivity index is 2.89. The molecule has 15 heavy (non-hydrogen) atoms. The minimum absolute atomic E-state index is 0.170. The first-order valence-corrected chi connectivity index (χ1v) is 5.33. The van der Waals surface area contributed by atoms with Crippen molar-refractivity contribution in [3.05, 3.63) is 22.2 Å². The van der Waals surface area contributed by atoms with Gasteiger partial charge in [-0.1, -0.05) is 0 Å². The van der Waals surface area contributed by atoms with Gasteiger partial charge in [0.2, 0.25) is 0 Å². The number of ether oxygens (including phenoxy) is 1. The van der Waals surface area contributed by atoms with Crippen molar-refractivity contribution in [1.82, 2.24) is 0 Å². The maximum atomic E-state index is 11.3.